The average molecular weight is 283 g/mol. The molecule has 0 heterocycles. The number of nitrogens with one attached hydrogen (secondary N) is 1. The quantitative estimate of drug-likeness (QED) is 0.654. The van der Waals surface area contributed by atoms with Crippen molar-refractivity contribution in [1.29, 1.82) is 0 Å². The van der Waals surface area contributed by atoms with Gasteiger partial charge in [0.1, 0.15) is 0 Å². The van der Waals surface area contributed by atoms with Crippen molar-refractivity contribution in [2.45, 2.75) is 19.4 Å². The molecule has 0 saturated carbocycles. The molecule has 3 nitrogen and oxygen atoms in total. The van der Waals surface area contributed by atoms with Gasteiger partial charge in [-0.15, -0.1) is 0 Å². The van der Waals surface area contributed by atoms with Crippen LogP contribution in [0.5, 0.6) is 0 Å². The zero-order valence-electron chi connectivity index (χ0n) is 12.5. The third-order valence-corrected chi connectivity index (χ3v) is 3.39. The lowest BCUT2D eigenvalue weighted by atomic mass is 10.0. The van der Waals surface area contributed by atoms with E-state index in [0.717, 1.165) is 6.42 Å². The number of likely N-dealkylation sites (N-methyl/N-ethyl adjacent to an activating group) is 1. The van der Waals surface area contributed by atoms with Crippen LogP contribution in [0.3, 0.4) is 0 Å². The molecule has 0 aliphatic heterocycles. The zero-order valence-corrected chi connectivity index (χ0v) is 12.5. The Morgan fingerprint density at radius 3 is 2.71 bits per heavy atom. The Morgan fingerprint density at radius 2 is 2.00 bits per heavy atom. The first-order chi connectivity index (χ1) is 10.2. The topological polar surface area (TPSA) is 38.3 Å². The highest BCUT2D eigenvalue weighted by atomic mass is 16.5. The van der Waals surface area contributed by atoms with E-state index in [-0.39, 0.29) is 12.0 Å². The summed E-state index contributed by atoms with van der Waals surface area (Å²) < 4.78 is 4.89. The highest BCUT2D eigenvalue weighted by Gasteiger charge is 2.05. The molecule has 0 bridgehead atoms. The predicted molar refractivity (Wildman–Crippen MR) is 86.3 cm³/mol. The van der Waals surface area contributed by atoms with E-state index >= 15 is 0 Å². The Kier molecular flexibility index (Phi) is 5.52. The van der Waals surface area contributed by atoms with E-state index < -0.39 is 0 Å². The Bertz CT molecular complexity index is 634. The van der Waals surface area contributed by atoms with Gasteiger partial charge in [0.25, 0.3) is 0 Å². The van der Waals surface area contributed by atoms with Gasteiger partial charge in [0.05, 0.1) is 6.61 Å². The minimum Gasteiger partial charge on any atom is -0.463 e. The summed E-state index contributed by atoms with van der Waals surface area (Å²) in [7, 11) is 1.89. The second-order valence-electron chi connectivity index (χ2n) is 4.89. The fraction of sp³-hybridized carbons (Fsp3) is 0.278. The van der Waals surface area contributed by atoms with Crippen LogP contribution in [0.25, 0.3) is 10.8 Å². The SMILES string of the molecule is CCOC(=O)C=CC(Cc1ccc2ccccc2c1)NC. The van der Waals surface area contributed by atoms with Gasteiger partial charge in [-0.3, -0.25) is 0 Å². The Hall–Kier alpha value is -2.13. The molecule has 0 amide bonds. The molecule has 2 aromatic rings. The van der Waals surface area contributed by atoms with Crippen LogP contribution in [-0.4, -0.2) is 25.7 Å². The summed E-state index contributed by atoms with van der Waals surface area (Å²) in [6.07, 6.45) is 4.18. The van der Waals surface area contributed by atoms with Crippen LogP contribution in [0.4, 0.5) is 0 Å². The van der Waals surface area contributed by atoms with Crippen LogP contribution in [0.15, 0.2) is 54.6 Å². The van der Waals surface area contributed by atoms with Gasteiger partial charge < -0.3 is 10.1 Å². The average Bonchev–Trinajstić information content (AvgIpc) is 2.51. The van der Waals surface area contributed by atoms with E-state index in [1.54, 1.807) is 6.92 Å². The molecule has 110 valence electrons. The van der Waals surface area contributed by atoms with E-state index in [9.17, 15) is 4.79 Å². The monoisotopic (exact) mass is 283 g/mol. The number of ether oxygens (including phenoxy) is 1. The van der Waals surface area contributed by atoms with Crippen molar-refractivity contribution in [2.75, 3.05) is 13.7 Å². The van der Waals surface area contributed by atoms with Gasteiger partial charge in [-0.1, -0.05) is 48.5 Å². The molecule has 0 fully saturated rings. The molecular weight excluding hydrogens is 262 g/mol. The Morgan fingerprint density at radius 1 is 1.24 bits per heavy atom. The highest BCUT2D eigenvalue weighted by Crippen LogP contribution is 2.16. The fourth-order valence-electron chi connectivity index (χ4n) is 2.27. The summed E-state index contributed by atoms with van der Waals surface area (Å²) in [6, 6.07) is 14.9. The van der Waals surface area contributed by atoms with E-state index in [0.29, 0.717) is 6.61 Å². The molecule has 0 aliphatic rings. The molecular formula is C18H21NO2. The maximum atomic E-state index is 11.4. The van der Waals surface area contributed by atoms with Crippen LogP contribution in [-0.2, 0) is 16.0 Å². The summed E-state index contributed by atoms with van der Waals surface area (Å²) in [5, 5.41) is 5.68. The second kappa shape index (κ2) is 7.60. The first kappa shape index (κ1) is 15.3. The smallest absolute Gasteiger partial charge is 0.330 e. The fourth-order valence-corrected chi connectivity index (χ4v) is 2.27. The summed E-state index contributed by atoms with van der Waals surface area (Å²) in [5.74, 6) is -0.295. The van der Waals surface area contributed by atoms with E-state index in [1.165, 1.54) is 22.4 Å². The van der Waals surface area contributed by atoms with E-state index in [1.807, 2.05) is 25.3 Å². The standard InChI is InChI=1S/C18H21NO2/c1-3-21-18(20)11-10-17(19-2)13-14-8-9-15-6-4-5-7-16(15)12-14/h4-12,17,19H,3,13H2,1-2H3. The molecule has 0 aromatic heterocycles. The van der Waals surface area contributed by atoms with Gasteiger partial charge in [0.2, 0.25) is 0 Å². The van der Waals surface area contributed by atoms with Crippen LogP contribution in [0, 0.1) is 0 Å². The number of hydrogen-bond donors (Lipinski definition) is 1. The molecule has 0 saturated heterocycles. The number of fused-ring (bicyclic) bond motifs is 1. The first-order valence-electron chi connectivity index (χ1n) is 7.23. The first-order valence-corrected chi connectivity index (χ1v) is 7.23. The number of hydrogen-bond acceptors (Lipinski definition) is 3. The van der Waals surface area contributed by atoms with Crippen LogP contribution in [0.2, 0.25) is 0 Å². The number of rotatable bonds is 6. The van der Waals surface area contributed by atoms with Gasteiger partial charge in [-0.2, -0.15) is 0 Å². The molecule has 1 atom stereocenters. The molecule has 1 unspecified atom stereocenters. The van der Waals surface area contributed by atoms with Crippen molar-refractivity contribution in [1.82, 2.24) is 5.32 Å². The van der Waals surface area contributed by atoms with Crippen molar-refractivity contribution in [2.24, 2.45) is 0 Å². The molecule has 1 N–H and O–H groups in total. The summed E-state index contributed by atoms with van der Waals surface area (Å²) >= 11 is 0. The van der Waals surface area contributed by atoms with Gasteiger partial charge in [0.15, 0.2) is 0 Å². The zero-order chi connectivity index (χ0) is 15.1. The second-order valence-corrected chi connectivity index (χ2v) is 4.89. The predicted octanol–water partition coefficient (Wildman–Crippen LogP) is 3.09. The van der Waals surface area contributed by atoms with Crippen molar-refractivity contribution in [3.05, 3.63) is 60.2 Å². The lowest BCUT2D eigenvalue weighted by molar-refractivity contribution is -0.137. The maximum absolute atomic E-state index is 11.4. The molecule has 2 rings (SSSR count). The summed E-state index contributed by atoms with van der Waals surface area (Å²) in [6.45, 7) is 2.20. The Labute approximate surface area is 125 Å². The summed E-state index contributed by atoms with van der Waals surface area (Å²) in [4.78, 5) is 11.4. The van der Waals surface area contributed by atoms with Crippen molar-refractivity contribution < 1.29 is 9.53 Å². The highest BCUT2D eigenvalue weighted by molar-refractivity contribution is 5.83. The normalized spacial score (nSPS) is 12.7. The molecule has 2 aromatic carbocycles. The minimum atomic E-state index is -0.295. The van der Waals surface area contributed by atoms with Gasteiger partial charge in [-0.25, -0.2) is 4.79 Å². The van der Waals surface area contributed by atoms with Crippen molar-refractivity contribution >= 4 is 16.7 Å². The van der Waals surface area contributed by atoms with E-state index in [2.05, 4.69) is 35.6 Å². The van der Waals surface area contributed by atoms with Crippen LogP contribution >= 0.6 is 0 Å². The van der Waals surface area contributed by atoms with Crippen molar-refractivity contribution in [3.8, 4) is 0 Å². The van der Waals surface area contributed by atoms with Crippen LogP contribution in [0.1, 0.15) is 12.5 Å². The minimum absolute atomic E-state index is 0.107. The van der Waals surface area contributed by atoms with E-state index in [4.69, 9.17) is 4.74 Å². The third kappa shape index (κ3) is 4.43. The number of carbonyl (C=O) groups excluding carboxylic acids is 1. The maximum Gasteiger partial charge on any atom is 0.330 e. The molecule has 0 aliphatic carbocycles. The molecule has 0 spiro atoms. The molecule has 0 radical (unpaired) electrons. The molecule has 3 heteroatoms. The number of benzene rings is 2. The van der Waals surface area contributed by atoms with Crippen molar-refractivity contribution in [3.63, 3.8) is 0 Å². The Balaban J connectivity index is 2.07. The van der Waals surface area contributed by atoms with Crippen LogP contribution < -0.4 is 5.32 Å². The lowest BCUT2D eigenvalue weighted by Gasteiger charge is -2.12. The summed E-state index contributed by atoms with van der Waals surface area (Å²) in [5.41, 5.74) is 1.24. The van der Waals surface area contributed by atoms with Gasteiger partial charge >= 0.3 is 5.97 Å². The number of carbonyl (C=O) groups is 1. The molecule has 21 heavy (non-hydrogen) atoms. The lowest BCUT2D eigenvalue weighted by Crippen LogP contribution is -2.25. The third-order valence-electron chi connectivity index (χ3n) is 3.39. The van der Waals surface area contributed by atoms with Gasteiger partial charge in [0, 0.05) is 12.1 Å². The number of esters is 1. The largest absolute Gasteiger partial charge is 0.463 e. The van der Waals surface area contributed by atoms with Gasteiger partial charge in [-0.05, 0) is 36.7 Å².